The van der Waals surface area contributed by atoms with E-state index >= 15 is 0 Å². The van der Waals surface area contributed by atoms with Gasteiger partial charge in [-0.15, -0.1) is 0 Å². The number of aromatic nitrogens is 3. The number of hydrogen-bond acceptors (Lipinski definition) is 3. The standard InChI is InChI=1S/C13H17FN4/c1-15-12(13-11(14)4-3-8-16-13)6-5-10-7-9-17-18(10)2/h3-4,7-9,12,15H,5-6H2,1-2H3. The van der Waals surface area contributed by atoms with E-state index in [0.29, 0.717) is 5.69 Å². The van der Waals surface area contributed by atoms with Crippen molar-refractivity contribution in [3.63, 3.8) is 0 Å². The van der Waals surface area contributed by atoms with E-state index < -0.39 is 0 Å². The summed E-state index contributed by atoms with van der Waals surface area (Å²) in [5, 5.41) is 7.23. The molecular weight excluding hydrogens is 231 g/mol. The molecule has 0 aromatic carbocycles. The fourth-order valence-electron chi connectivity index (χ4n) is 2.01. The van der Waals surface area contributed by atoms with E-state index in [1.54, 1.807) is 18.5 Å². The number of halogens is 1. The molecule has 0 aliphatic heterocycles. The molecule has 0 saturated carbocycles. The zero-order valence-corrected chi connectivity index (χ0v) is 10.6. The Balaban J connectivity index is 2.07. The molecule has 18 heavy (non-hydrogen) atoms. The molecule has 0 aliphatic carbocycles. The normalized spacial score (nSPS) is 12.6. The Hall–Kier alpha value is -1.75. The van der Waals surface area contributed by atoms with Crippen molar-refractivity contribution in [2.75, 3.05) is 7.05 Å². The first-order valence-corrected chi connectivity index (χ1v) is 5.97. The molecule has 0 aliphatic rings. The lowest BCUT2D eigenvalue weighted by Crippen LogP contribution is -2.20. The second-order valence-corrected chi connectivity index (χ2v) is 4.20. The molecule has 0 radical (unpaired) electrons. The molecule has 0 amide bonds. The largest absolute Gasteiger partial charge is 0.312 e. The van der Waals surface area contributed by atoms with Crippen LogP contribution in [0.25, 0.3) is 0 Å². The van der Waals surface area contributed by atoms with Crippen LogP contribution in [0, 0.1) is 5.82 Å². The maximum Gasteiger partial charge on any atom is 0.146 e. The molecule has 2 aromatic rings. The van der Waals surface area contributed by atoms with Crippen LogP contribution in [-0.2, 0) is 13.5 Å². The summed E-state index contributed by atoms with van der Waals surface area (Å²) >= 11 is 0. The molecule has 2 aromatic heterocycles. The van der Waals surface area contributed by atoms with Crippen molar-refractivity contribution in [2.24, 2.45) is 7.05 Å². The first-order chi connectivity index (χ1) is 8.72. The number of rotatable bonds is 5. The van der Waals surface area contributed by atoms with Gasteiger partial charge in [-0.05, 0) is 38.1 Å². The van der Waals surface area contributed by atoms with E-state index in [1.807, 2.05) is 24.8 Å². The summed E-state index contributed by atoms with van der Waals surface area (Å²) in [5.74, 6) is -0.262. The number of aryl methyl sites for hydroxylation is 2. The topological polar surface area (TPSA) is 42.7 Å². The van der Waals surface area contributed by atoms with Gasteiger partial charge in [-0.25, -0.2) is 4.39 Å². The van der Waals surface area contributed by atoms with E-state index in [1.165, 1.54) is 6.07 Å². The van der Waals surface area contributed by atoms with Crippen molar-refractivity contribution in [3.8, 4) is 0 Å². The van der Waals surface area contributed by atoms with Crippen LogP contribution < -0.4 is 5.32 Å². The summed E-state index contributed by atoms with van der Waals surface area (Å²) in [4.78, 5) is 4.11. The maximum atomic E-state index is 13.7. The van der Waals surface area contributed by atoms with Crippen LogP contribution in [0.1, 0.15) is 23.9 Å². The van der Waals surface area contributed by atoms with Gasteiger partial charge in [-0.2, -0.15) is 5.10 Å². The summed E-state index contributed by atoms with van der Waals surface area (Å²) in [7, 11) is 3.73. The van der Waals surface area contributed by atoms with Gasteiger partial charge in [-0.3, -0.25) is 9.67 Å². The Bertz CT molecular complexity index is 509. The molecule has 0 spiro atoms. The molecule has 1 atom stereocenters. The first kappa shape index (κ1) is 12.7. The third kappa shape index (κ3) is 2.73. The van der Waals surface area contributed by atoms with E-state index in [0.717, 1.165) is 18.5 Å². The molecule has 2 rings (SSSR count). The van der Waals surface area contributed by atoms with Gasteiger partial charge in [0.15, 0.2) is 0 Å². The van der Waals surface area contributed by atoms with Gasteiger partial charge < -0.3 is 5.32 Å². The second-order valence-electron chi connectivity index (χ2n) is 4.20. The van der Waals surface area contributed by atoms with Crippen LogP contribution in [0.3, 0.4) is 0 Å². The van der Waals surface area contributed by atoms with Crippen LogP contribution in [0.4, 0.5) is 4.39 Å². The van der Waals surface area contributed by atoms with Gasteiger partial charge in [0.25, 0.3) is 0 Å². The number of nitrogens with zero attached hydrogens (tertiary/aromatic N) is 3. The first-order valence-electron chi connectivity index (χ1n) is 5.97. The van der Waals surface area contributed by atoms with E-state index in [9.17, 15) is 4.39 Å². The van der Waals surface area contributed by atoms with Crippen LogP contribution in [0.5, 0.6) is 0 Å². The Labute approximate surface area is 106 Å². The van der Waals surface area contributed by atoms with Crippen LogP contribution in [-0.4, -0.2) is 21.8 Å². The lowest BCUT2D eigenvalue weighted by atomic mass is 10.1. The number of hydrogen-bond donors (Lipinski definition) is 1. The Morgan fingerprint density at radius 2 is 2.22 bits per heavy atom. The monoisotopic (exact) mass is 248 g/mol. The fourth-order valence-corrected chi connectivity index (χ4v) is 2.01. The predicted molar refractivity (Wildman–Crippen MR) is 67.5 cm³/mol. The van der Waals surface area contributed by atoms with Crippen molar-refractivity contribution in [2.45, 2.75) is 18.9 Å². The van der Waals surface area contributed by atoms with E-state index in [-0.39, 0.29) is 11.9 Å². The molecule has 4 nitrogen and oxygen atoms in total. The zero-order chi connectivity index (χ0) is 13.0. The van der Waals surface area contributed by atoms with Gasteiger partial charge in [0.05, 0.1) is 11.7 Å². The summed E-state index contributed by atoms with van der Waals surface area (Å²) in [6, 6.07) is 4.94. The Morgan fingerprint density at radius 3 is 2.83 bits per heavy atom. The summed E-state index contributed by atoms with van der Waals surface area (Å²) < 4.78 is 15.5. The number of nitrogens with one attached hydrogen (secondary N) is 1. The summed E-state index contributed by atoms with van der Waals surface area (Å²) in [6.45, 7) is 0. The Kier molecular flexibility index (Phi) is 4.04. The summed E-state index contributed by atoms with van der Waals surface area (Å²) in [6.07, 6.45) is 5.00. The van der Waals surface area contributed by atoms with Crippen molar-refractivity contribution in [1.29, 1.82) is 0 Å². The minimum atomic E-state index is -0.262. The minimum Gasteiger partial charge on any atom is -0.312 e. The molecule has 1 unspecified atom stereocenters. The molecule has 0 saturated heterocycles. The van der Waals surface area contributed by atoms with Crippen molar-refractivity contribution >= 4 is 0 Å². The molecule has 2 heterocycles. The SMILES string of the molecule is CNC(CCc1ccnn1C)c1ncccc1F. The average molecular weight is 248 g/mol. The van der Waals surface area contributed by atoms with Gasteiger partial charge in [0, 0.05) is 25.1 Å². The highest BCUT2D eigenvalue weighted by Gasteiger charge is 2.15. The number of pyridine rings is 1. The predicted octanol–water partition coefficient (Wildman–Crippen LogP) is 1.85. The van der Waals surface area contributed by atoms with Gasteiger partial charge >= 0.3 is 0 Å². The third-order valence-corrected chi connectivity index (χ3v) is 3.08. The lowest BCUT2D eigenvalue weighted by molar-refractivity contribution is 0.486. The highest BCUT2D eigenvalue weighted by Crippen LogP contribution is 2.19. The maximum absolute atomic E-state index is 13.7. The minimum absolute atomic E-state index is 0.0823. The fraction of sp³-hybridized carbons (Fsp3) is 0.385. The highest BCUT2D eigenvalue weighted by molar-refractivity contribution is 5.12. The quantitative estimate of drug-likeness (QED) is 0.878. The van der Waals surface area contributed by atoms with Crippen LogP contribution in [0.2, 0.25) is 0 Å². The Morgan fingerprint density at radius 1 is 1.39 bits per heavy atom. The molecule has 0 fully saturated rings. The van der Waals surface area contributed by atoms with Crippen LogP contribution >= 0.6 is 0 Å². The third-order valence-electron chi connectivity index (χ3n) is 3.08. The molecular formula is C13H17FN4. The van der Waals surface area contributed by atoms with E-state index in [2.05, 4.69) is 15.4 Å². The lowest BCUT2D eigenvalue weighted by Gasteiger charge is -2.16. The van der Waals surface area contributed by atoms with Crippen molar-refractivity contribution < 1.29 is 4.39 Å². The molecule has 0 bridgehead atoms. The van der Waals surface area contributed by atoms with Crippen molar-refractivity contribution in [1.82, 2.24) is 20.1 Å². The van der Waals surface area contributed by atoms with Crippen molar-refractivity contribution in [3.05, 3.63) is 47.8 Å². The zero-order valence-electron chi connectivity index (χ0n) is 10.6. The van der Waals surface area contributed by atoms with Gasteiger partial charge in [0.2, 0.25) is 0 Å². The van der Waals surface area contributed by atoms with Gasteiger partial charge in [-0.1, -0.05) is 0 Å². The van der Waals surface area contributed by atoms with Crippen LogP contribution in [0.15, 0.2) is 30.6 Å². The molecule has 96 valence electrons. The van der Waals surface area contributed by atoms with E-state index in [4.69, 9.17) is 0 Å². The second kappa shape index (κ2) is 5.73. The smallest absolute Gasteiger partial charge is 0.146 e. The van der Waals surface area contributed by atoms with Gasteiger partial charge in [0.1, 0.15) is 5.82 Å². The molecule has 1 N–H and O–H groups in total. The highest BCUT2D eigenvalue weighted by atomic mass is 19.1. The molecule has 5 heteroatoms. The average Bonchev–Trinajstić information content (AvgIpc) is 2.78. The summed E-state index contributed by atoms with van der Waals surface area (Å²) in [5.41, 5.74) is 1.61.